The van der Waals surface area contributed by atoms with Crippen molar-refractivity contribution in [3.8, 4) is 0 Å². The van der Waals surface area contributed by atoms with Crippen LogP contribution in [0, 0.1) is 0 Å². The Labute approximate surface area is 91.2 Å². The van der Waals surface area contributed by atoms with E-state index >= 15 is 0 Å². The van der Waals surface area contributed by atoms with Crippen molar-refractivity contribution in [2.24, 2.45) is 0 Å². The first-order valence-corrected chi connectivity index (χ1v) is 5.36. The van der Waals surface area contributed by atoms with Gasteiger partial charge in [-0.3, -0.25) is 4.79 Å². The zero-order valence-electron chi connectivity index (χ0n) is 7.26. The molecule has 0 fully saturated rings. The Balaban J connectivity index is 2.83. The van der Waals surface area contributed by atoms with Crippen molar-refractivity contribution in [3.63, 3.8) is 0 Å². The normalized spacial score (nSPS) is 12.5. The van der Waals surface area contributed by atoms with Crippen LogP contribution in [-0.2, 0) is 4.79 Å². The fourth-order valence-corrected chi connectivity index (χ4v) is 1.75. The van der Waals surface area contributed by atoms with E-state index in [2.05, 4.69) is 15.9 Å². The molecule has 0 aliphatic rings. The van der Waals surface area contributed by atoms with Gasteiger partial charge in [0.1, 0.15) is 0 Å². The van der Waals surface area contributed by atoms with Gasteiger partial charge in [-0.15, -0.1) is 0 Å². The molecule has 1 aromatic carbocycles. The molecule has 0 spiro atoms. The van der Waals surface area contributed by atoms with Crippen molar-refractivity contribution in [3.05, 3.63) is 34.9 Å². The lowest BCUT2D eigenvalue weighted by Gasteiger charge is -2.07. The number of halogens is 2. The number of ketones is 1. The monoisotopic (exact) mass is 260 g/mol. The first-order chi connectivity index (χ1) is 6.15. The zero-order chi connectivity index (χ0) is 9.84. The van der Waals surface area contributed by atoms with Crippen LogP contribution in [0.5, 0.6) is 0 Å². The third-order valence-corrected chi connectivity index (χ3v) is 3.09. The lowest BCUT2D eigenvalue weighted by atomic mass is 10.1. The Hall–Kier alpha value is -0.340. The second-order valence-electron chi connectivity index (χ2n) is 2.73. The molecule has 0 N–H and O–H groups in total. The number of benzene rings is 1. The summed E-state index contributed by atoms with van der Waals surface area (Å²) < 4.78 is 0. The van der Waals surface area contributed by atoms with Gasteiger partial charge in [-0.05, 0) is 17.7 Å². The maximum absolute atomic E-state index is 11.3. The highest BCUT2D eigenvalue weighted by molar-refractivity contribution is 9.09. The minimum atomic E-state index is -0.199. The number of hydrogen-bond acceptors (Lipinski definition) is 1. The van der Waals surface area contributed by atoms with E-state index in [0.717, 1.165) is 5.56 Å². The molecule has 13 heavy (non-hydrogen) atoms. The summed E-state index contributed by atoms with van der Waals surface area (Å²) in [4.78, 5) is 11.1. The van der Waals surface area contributed by atoms with E-state index in [1.807, 2.05) is 19.1 Å². The van der Waals surface area contributed by atoms with E-state index < -0.39 is 0 Å². The molecule has 0 bridgehead atoms. The maximum Gasteiger partial charge on any atom is 0.150 e. The van der Waals surface area contributed by atoms with E-state index in [-0.39, 0.29) is 10.6 Å². The SMILES string of the molecule is CCC(=O)C(Br)c1ccc(Cl)cc1. The van der Waals surface area contributed by atoms with E-state index in [1.165, 1.54) is 0 Å². The van der Waals surface area contributed by atoms with Gasteiger partial charge < -0.3 is 0 Å². The third kappa shape index (κ3) is 2.82. The molecule has 3 heteroatoms. The molecular formula is C10H10BrClO. The van der Waals surface area contributed by atoms with Crippen LogP contribution in [0.15, 0.2) is 24.3 Å². The van der Waals surface area contributed by atoms with Crippen molar-refractivity contribution >= 4 is 33.3 Å². The summed E-state index contributed by atoms with van der Waals surface area (Å²) in [5.74, 6) is 0.183. The molecule has 0 heterocycles. The molecule has 70 valence electrons. The van der Waals surface area contributed by atoms with Gasteiger partial charge in [-0.2, -0.15) is 0 Å². The molecular weight excluding hydrogens is 251 g/mol. The molecule has 0 saturated carbocycles. The third-order valence-electron chi connectivity index (χ3n) is 1.79. The van der Waals surface area contributed by atoms with Gasteiger partial charge in [0.15, 0.2) is 5.78 Å². The van der Waals surface area contributed by atoms with Gasteiger partial charge in [0, 0.05) is 11.4 Å². The van der Waals surface area contributed by atoms with Gasteiger partial charge in [-0.25, -0.2) is 0 Å². The minimum Gasteiger partial charge on any atom is -0.298 e. The maximum atomic E-state index is 11.3. The molecule has 0 aliphatic carbocycles. The first-order valence-electron chi connectivity index (χ1n) is 4.07. The lowest BCUT2D eigenvalue weighted by Crippen LogP contribution is -2.03. The molecule has 0 saturated heterocycles. The summed E-state index contributed by atoms with van der Waals surface area (Å²) in [5.41, 5.74) is 0.955. The largest absolute Gasteiger partial charge is 0.298 e. The summed E-state index contributed by atoms with van der Waals surface area (Å²) in [6.07, 6.45) is 0.540. The molecule has 1 nitrogen and oxygen atoms in total. The van der Waals surface area contributed by atoms with Gasteiger partial charge in [0.25, 0.3) is 0 Å². The Kier molecular flexibility index (Phi) is 3.94. The smallest absolute Gasteiger partial charge is 0.150 e. The van der Waals surface area contributed by atoms with E-state index in [9.17, 15) is 4.79 Å². The van der Waals surface area contributed by atoms with E-state index in [1.54, 1.807) is 12.1 Å². The highest BCUT2D eigenvalue weighted by atomic mass is 79.9. The van der Waals surface area contributed by atoms with Gasteiger partial charge >= 0.3 is 0 Å². The van der Waals surface area contributed by atoms with Crippen molar-refractivity contribution in [1.29, 1.82) is 0 Å². The van der Waals surface area contributed by atoms with Crippen molar-refractivity contribution in [2.45, 2.75) is 18.2 Å². The number of rotatable bonds is 3. The van der Waals surface area contributed by atoms with E-state index in [4.69, 9.17) is 11.6 Å². The summed E-state index contributed by atoms with van der Waals surface area (Å²) in [6.45, 7) is 1.85. The highest BCUT2D eigenvalue weighted by Crippen LogP contribution is 2.25. The average Bonchev–Trinajstić information content (AvgIpc) is 2.17. The number of carbonyl (C=O) groups excluding carboxylic acids is 1. The van der Waals surface area contributed by atoms with Crippen LogP contribution in [0.3, 0.4) is 0 Å². The van der Waals surface area contributed by atoms with Crippen LogP contribution in [0.1, 0.15) is 23.7 Å². The van der Waals surface area contributed by atoms with Crippen LogP contribution < -0.4 is 0 Å². The number of alkyl halides is 1. The fourth-order valence-electron chi connectivity index (χ4n) is 0.997. The molecule has 0 amide bonds. The Bertz CT molecular complexity index is 294. The Morgan fingerprint density at radius 1 is 1.46 bits per heavy atom. The van der Waals surface area contributed by atoms with Crippen LogP contribution in [0.2, 0.25) is 5.02 Å². The van der Waals surface area contributed by atoms with E-state index in [0.29, 0.717) is 11.4 Å². The molecule has 0 aromatic heterocycles. The predicted octanol–water partition coefficient (Wildman–Crippen LogP) is 3.76. The predicted molar refractivity (Wildman–Crippen MR) is 58.4 cm³/mol. The second-order valence-corrected chi connectivity index (χ2v) is 4.09. The topological polar surface area (TPSA) is 17.1 Å². The molecule has 0 radical (unpaired) electrons. The number of Topliss-reactive ketones (excluding diaryl/α,β-unsaturated/α-hetero) is 1. The molecule has 1 rings (SSSR count). The van der Waals surface area contributed by atoms with Crippen molar-refractivity contribution < 1.29 is 4.79 Å². The van der Waals surface area contributed by atoms with Crippen LogP contribution in [-0.4, -0.2) is 5.78 Å². The highest BCUT2D eigenvalue weighted by Gasteiger charge is 2.14. The number of carbonyl (C=O) groups is 1. The van der Waals surface area contributed by atoms with Gasteiger partial charge in [0.2, 0.25) is 0 Å². The second kappa shape index (κ2) is 4.77. The van der Waals surface area contributed by atoms with Crippen LogP contribution >= 0.6 is 27.5 Å². The fraction of sp³-hybridized carbons (Fsp3) is 0.300. The Morgan fingerprint density at radius 2 is 2.00 bits per heavy atom. The summed E-state index contributed by atoms with van der Waals surface area (Å²) in [7, 11) is 0. The van der Waals surface area contributed by atoms with Crippen LogP contribution in [0.4, 0.5) is 0 Å². The van der Waals surface area contributed by atoms with Gasteiger partial charge in [0.05, 0.1) is 4.83 Å². The zero-order valence-corrected chi connectivity index (χ0v) is 9.60. The summed E-state index contributed by atoms with van der Waals surface area (Å²) in [5, 5.41) is 0.687. The minimum absolute atomic E-state index is 0.183. The number of hydrogen-bond donors (Lipinski definition) is 0. The van der Waals surface area contributed by atoms with Gasteiger partial charge in [-0.1, -0.05) is 46.6 Å². The van der Waals surface area contributed by atoms with Crippen LogP contribution in [0.25, 0.3) is 0 Å². The lowest BCUT2D eigenvalue weighted by molar-refractivity contribution is -0.118. The molecule has 1 atom stereocenters. The Morgan fingerprint density at radius 3 is 2.46 bits per heavy atom. The van der Waals surface area contributed by atoms with Crippen molar-refractivity contribution in [2.75, 3.05) is 0 Å². The summed E-state index contributed by atoms with van der Waals surface area (Å²) in [6, 6.07) is 7.28. The standard InChI is InChI=1S/C10H10BrClO/c1-2-9(13)10(11)7-3-5-8(12)6-4-7/h3-6,10H,2H2,1H3. The quantitative estimate of drug-likeness (QED) is 0.757. The first kappa shape index (κ1) is 10.7. The summed E-state index contributed by atoms with van der Waals surface area (Å²) >= 11 is 9.07. The molecule has 1 aromatic rings. The molecule has 0 aliphatic heterocycles. The molecule has 1 unspecified atom stereocenters. The van der Waals surface area contributed by atoms with Crippen molar-refractivity contribution in [1.82, 2.24) is 0 Å². The average molecular weight is 262 g/mol.